The van der Waals surface area contributed by atoms with E-state index in [1.165, 1.54) is 0 Å². The van der Waals surface area contributed by atoms with Crippen molar-refractivity contribution in [1.82, 2.24) is 25.0 Å². The van der Waals surface area contributed by atoms with Crippen LogP contribution in [0.2, 0.25) is 5.02 Å². The Kier molecular flexibility index (Phi) is 6.19. The summed E-state index contributed by atoms with van der Waals surface area (Å²) in [4.78, 5) is 15.0. The number of aromatic nitrogens is 3. The lowest BCUT2D eigenvalue weighted by Crippen LogP contribution is -2.43. The first-order valence-electron chi connectivity index (χ1n) is 9.51. The number of nitrogens with one attached hydrogen (secondary N) is 1. The fourth-order valence-corrected chi connectivity index (χ4v) is 3.57. The summed E-state index contributed by atoms with van der Waals surface area (Å²) >= 11 is 6.05. The molecule has 8 heteroatoms. The van der Waals surface area contributed by atoms with Gasteiger partial charge in [-0.25, -0.2) is 0 Å². The molecule has 1 aliphatic rings. The third kappa shape index (κ3) is 4.82. The first-order valence-corrected chi connectivity index (χ1v) is 9.89. The summed E-state index contributed by atoms with van der Waals surface area (Å²) in [6.07, 6.45) is 3.24. The zero-order valence-electron chi connectivity index (χ0n) is 15.9. The van der Waals surface area contributed by atoms with E-state index in [2.05, 4.69) is 20.4 Å². The van der Waals surface area contributed by atoms with Crippen LogP contribution in [0.4, 0.5) is 0 Å². The van der Waals surface area contributed by atoms with Gasteiger partial charge >= 0.3 is 0 Å². The molecule has 1 unspecified atom stereocenters. The number of benzene rings is 2. The second kappa shape index (κ2) is 9.17. The fourth-order valence-electron chi connectivity index (χ4n) is 3.44. The van der Waals surface area contributed by atoms with Gasteiger partial charge in [0.25, 0.3) is 5.91 Å². The Hall–Kier alpha value is -2.74. The van der Waals surface area contributed by atoms with Crippen molar-refractivity contribution in [2.24, 2.45) is 0 Å². The topological polar surface area (TPSA) is 72.3 Å². The molecule has 1 aromatic heterocycles. The van der Waals surface area contributed by atoms with Gasteiger partial charge in [-0.3, -0.25) is 14.3 Å². The highest BCUT2D eigenvalue weighted by molar-refractivity contribution is 6.30. The Bertz CT molecular complexity index is 923. The molecule has 3 aromatic rings. The smallest absolute Gasteiger partial charge is 0.251 e. The van der Waals surface area contributed by atoms with E-state index in [0.717, 1.165) is 24.3 Å². The SMILES string of the molecule is O=C(NCC(c1ccc(Cl)cc1)N1CCOCC1)c1ccc(-n2cnnc2)cc1. The zero-order chi connectivity index (χ0) is 20.1. The van der Waals surface area contributed by atoms with E-state index in [1.807, 2.05) is 36.4 Å². The molecule has 0 aliphatic carbocycles. The van der Waals surface area contributed by atoms with Gasteiger partial charge in [0, 0.05) is 35.9 Å². The Morgan fingerprint density at radius 1 is 1.03 bits per heavy atom. The second-order valence-corrected chi connectivity index (χ2v) is 7.28. The summed E-state index contributed by atoms with van der Waals surface area (Å²) in [5.41, 5.74) is 2.64. The Morgan fingerprint density at radius 2 is 1.69 bits per heavy atom. The van der Waals surface area contributed by atoms with Crippen molar-refractivity contribution in [2.45, 2.75) is 6.04 Å². The number of morpholine rings is 1. The minimum Gasteiger partial charge on any atom is -0.379 e. The number of ether oxygens (including phenoxy) is 1. The first kappa shape index (κ1) is 19.6. The van der Waals surface area contributed by atoms with Crippen molar-refractivity contribution in [1.29, 1.82) is 0 Å². The van der Waals surface area contributed by atoms with Gasteiger partial charge < -0.3 is 10.1 Å². The van der Waals surface area contributed by atoms with Crippen LogP contribution in [0.5, 0.6) is 0 Å². The maximum absolute atomic E-state index is 12.7. The molecule has 1 saturated heterocycles. The maximum Gasteiger partial charge on any atom is 0.251 e. The van der Waals surface area contributed by atoms with Crippen LogP contribution < -0.4 is 5.32 Å². The third-order valence-corrected chi connectivity index (χ3v) is 5.30. The van der Waals surface area contributed by atoms with Crippen LogP contribution in [0.1, 0.15) is 22.0 Å². The van der Waals surface area contributed by atoms with Gasteiger partial charge in [0.2, 0.25) is 0 Å². The van der Waals surface area contributed by atoms with E-state index >= 15 is 0 Å². The number of rotatable bonds is 6. The van der Waals surface area contributed by atoms with E-state index < -0.39 is 0 Å². The molecular weight excluding hydrogens is 390 g/mol. The second-order valence-electron chi connectivity index (χ2n) is 6.84. The van der Waals surface area contributed by atoms with Crippen LogP contribution in [0.3, 0.4) is 0 Å². The lowest BCUT2D eigenvalue weighted by molar-refractivity contribution is 0.0162. The molecule has 0 spiro atoms. The van der Waals surface area contributed by atoms with Crippen LogP contribution in [0.15, 0.2) is 61.2 Å². The maximum atomic E-state index is 12.7. The molecule has 4 rings (SSSR count). The molecule has 1 atom stereocenters. The van der Waals surface area contributed by atoms with Gasteiger partial charge in [-0.2, -0.15) is 0 Å². The molecule has 1 aliphatic heterocycles. The lowest BCUT2D eigenvalue weighted by Gasteiger charge is -2.35. The van der Waals surface area contributed by atoms with E-state index in [1.54, 1.807) is 29.4 Å². The molecule has 1 fully saturated rings. The van der Waals surface area contributed by atoms with Gasteiger partial charge in [0.1, 0.15) is 12.7 Å². The third-order valence-electron chi connectivity index (χ3n) is 5.04. The predicted octanol–water partition coefficient (Wildman–Crippen LogP) is 2.72. The Labute approximate surface area is 174 Å². The molecule has 0 bridgehead atoms. The van der Waals surface area contributed by atoms with E-state index in [-0.39, 0.29) is 11.9 Å². The summed E-state index contributed by atoms with van der Waals surface area (Å²) in [6, 6.07) is 15.2. The van der Waals surface area contributed by atoms with Crippen molar-refractivity contribution >= 4 is 17.5 Å². The van der Waals surface area contributed by atoms with Crippen molar-refractivity contribution in [3.8, 4) is 5.69 Å². The van der Waals surface area contributed by atoms with Crippen molar-refractivity contribution < 1.29 is 9.53 Å². The van der Waals surface area contributed by atoms with Crippen molar-refractivity contribution in [2.75, 3.05) is 32.8 Å². The standard InChI is InChI=1S/C21H22ClN5O2/c22-18-5-1-16(2-6-18)20(26-9-11-29-12-10-26)13-23-21(28)17-3-7-19(8-4-17)27-14-24-25-15-27/h1-8,14-15,20H,9-13H2,(H,23,28). The van der Waals surface area contributed by atoms with E-state index in [4.69, 9.17) is 16.3 Å². The average molecular weight is 412 g/mol. The summed E-state index contributed by atoms with van der Waals surface area (Å²) < 4.78 is 7.27. The first-order chi connectivity index (χ1) is 14.2. The monoisotopic (exact) mass is 411 g/mol. The Balaban J connectivity index is 1.44. The molecule has 0 radical (unpaired) electrons. The molecule has 29 heavy (non-hydrogen) atoms. The zero-order valence-corrected chi connectivity index (χ0v) is 16.6. The van der Waals surface area contributed by atoms with Gasteiger partial charge in [-0.1, -0.05) is 23.7 Å². The van der Waals surface area contributed by atoms with Crippen molar-refractivity contribution in [3.63, 3.8) is 0 Å². The average Bonchev–Trinajstić information content (AvgIpc) is 3.31. The molecule has 1 N–H and O–H groups in total. The van der Waals surface area contributed by atoms with Crippen LogP contribution in [-0.4, -0.2) is 58.4 Å². The molecule has 2 heterocycles. The van der Waals surface area contributed by atoms with Crippen LogP contribution in [-0.2, 0) is 4.74 Å². The normalized spacial score (nSPS) is 15.8. The van der Waals surface area contributed by atoms with E-state index in [0.29, 0.717) is 30.3 Å². The number of halogens is 1. The van der Waals surface area contributed by atoms with Gasteiger partial charge in [-0.05, 0) is 42.0 Å². The summed E-state index contributed by atoms with van der Waals surface area (Å²) in [5.74, 6) is -0.104. The number of amides is 1. The molecule has 2 aromatic carbocycles. The van der Waals surface area contributed by atoms with Crippen LogP contribution >= 0.6 is 11.6 Å². The van der Waals surface area contributed by atoms with Gasteiger partial charge in [0.15, 0.2) is 0 Å². The van der Waals surface area contributed by atoms with Gasteiger partial charge in [-0.15, -0.1) is 10.2 Å². The lowest BCUT2D eigenvalue weighted by atomic mass is 10.0. The molecule has 7 nitrogen and oxygen atoms in total. The van der Waals surface area contributed by atoms with Crippen molar-refractivity contribution in [3.05, 3.63) is 77.3 Å². The van der Waals surface area contributed by atoms with Crippen LogP contribution in [0.25, 0.3) is 5.69 Å². The molecule has 0 saturated carbocycles. The van der Waals surface area contributed by atoms with Crippen LogP contribution in [0, 0.1) is 0 Å². The van der Waals surface area contributed by atoms with E-state index in [9.17, 15) is 4.79 Å². The van der Waals surface area contributed by atoms with Gasteiger partial charge in [0.05, 0.1) is 19.3 Å². The molecule has 1 amide bonds. The largest absolute Gasteiger partial charge is 0.379 e. The highest BCUT2D eigenvalue weighted by Crippen LogP contribution is 2.23. The molecular formula is C21H22ClN5O2. The predicted molar refractivity (Wildman–Crippen MR) is 110 cm³/mol. The summed E-state index contributed by atoms with van der Waals surface area (Å²) in [7, 11) is 0. The Morgan fingerprint density at radius 3 is 2.34 bits per heavy atom. The quantitative estimate of drug-likeness (QED) is 0.675. The number of carbonyl (C=O) groups excluding carboxylic acids is 1. The number of hydrogen-bond donors (Lipinski definition) is 1. The minimum absolute atomic E-state index is 0.0661. The number of hydrogen-bond acceptors (Lipinski definition) is 5. The number of carbonyl (C=O) groups is 1. The fraction of sp³-hybridized carbons (Fsp3) is 0.286. The number of nitrogens with zero attached hydrogens (tertiary/aromatic N) is 4. The minimum atomic E-state index is -0.104. The highest BCUT2D eigenvalue weighted by Gasteiger charge is 2.23. The highest BCUT2D eigenvalue weighted by atomic mass is 35.5. The summed E-state index contributed by atoms with van der Waals surface area (Å²) in [5, 5.41) is 11.4. The summed E-state index contributed by atoms with van der Waals surface area (Å²) in [6.45, 7) is 3.56. The molecule has 150 valence electrons.